The van der Waals surface area contributed by atoms with Crippen LogP contribution in [-0.2, 0) is 0 Å². The highest BCUT2D eigenvalue weighted by Gasteiger charge is 2.17. The standard InChI is InChI=1S/C11H12F2N2/c12-9-5-4-8(7-10(9)13)15-6-2-1-3-11(15)14/h4-5,7,14H,1-3,6H2. The monoisotopic (exact) mass is 210 g/mol. The van der Waals surface area contributed by atoms with Crippen molar-refractivity contribution in [3.05, 3.63) is 29.8 Å². The van der Waals surface area contributed by atoms with Crippen molar-refractivity contribution in [1.82, 2.24) is 0 Å². The lowest BCUT2D eigenvalue weighted by atomic mass is 10.1. The molecule has 15 heavy (non-hydrogen) atoms. The predicted molar refractivity (Wildman–Crippen MR) is 55.3 cm³/mol. The summed E-state index contributed by atoms with van der Waals surface area (Å²) < 4.78 is 25.7. The molecule has 80 valence electrons. The number of benzene rings is 1. The number of hydrogen-bond acceptors (Lipinski definition) is 1. The quantitative estimate of drug-likeness (QED) is 0.758. The first-order valence-corrected chi connectivity index (χ1v) is 4.98. The number of nitrogens with zero attached hydrogens (tertiary/aromatic N) is 1. The molecule has 0 saturated carbocycles. The number of rotatable bonds is 1. The Morgan fingerprint density at radius 2 is 1.93 bits per heavy atom. The fraction of sp³-hybridized carbons (Fsp3) is 0.364. The van der Waals surface area contributed by atoms with Crippen molar-refractivity contribution in [2.24, 2.45) is 0 Å². The highest BCUT2D eigenvalue weighted by Crippen LogP contribution is 2.22. The molecule has 0 bridgehead atoms. The second-order valence-corrected chi connectivity index (χ2v) is 3.65. The topological polar surface area (TPSA) is 27.1 Å². The van der Waals surface area contributed by atoms with Gasteiger partial charge in [-0.1, -0.05) is 0 Å². The van der Waals surface area contributed by atoms with E-state index in [0.29, 0.717) is 24.5 Å². The van der Waals surface area contributed by atoms with E-state index in [2.05, 4.69) is 0 Å². The molecule has 0 aliphatic carbocycles. The molecule has 4 heteroatoms. The summed E-state index contributed by atoms with van der Waals surface area (Å²) in [5, 5.41) is 7.72. The van der Waals surface area contributed by atoms with Gasteiger partial charge in [0.25, 0.3) is 0 Å². The van der Waals surface area contributed by atoms with Gasteiger partial charge in [0.1, 0.15) is 5.84 Å². The van der Waals surface area contributed by atoms with Crippen LogP contribution < -0.4 is 4.90 Å². The SMILES string of the molecule is N=C1CCCCN1c1ccc(F)c(F)c1. The zero-order valence-electron chi connectivity index (χ0n) is 8.26. The second-order valence-electron chi connectivity index (χ2n) is 3.65. The van der Waals surface area contributed by atoms with Gasteiger partial charge in [-0.05, 0) is 25.0 Å². The Labute approximate surface area is 87.0 Å². The summed E-state index contributed by atoms with van der Waals surface area (Å²) in [6.45, 7) is 0.712. The second kappa shape index (κ2) is 3.96. The van der Waals surface area contributed by atoms with Crippen LogP contribution in [0.1, 0.15) is 19.3 Å². The minimum Gasteiger partial charge on any atom is -0.330 e. The van der Waals surface area contributed by atoms with E-state index in [4.69, 9.17) is 5.41 Å². The Kier molecular flexibility index (Phi) is 2.66. The Balaban J connectivity index is 2.28. The molecule has 1 aromatic rings. The lowest BCUT2D eigenvalue weighted by molar-refractivity contribution is 0.508. The van der Waals surface area contributed by atoms with Crippen LogP contribution in [0.4, 0.5) is 14.5 Å². The molecular formula is C11H12F2N2. The average Bonchev–Trinajstić information content (AvgIpc) is 2.23. The third-order valence-corrected chi connectivity index (χ3v) is 2.59. The molecule has 0 amide bonds. The van der Waals surface area contributed by atoms with Gasteiger partial charge in [0.15, 0.2) is 11.6 Å². The minimum atomic E-state index is -0.856. The molecular weight excluding hydrogens is 198 g/mol. The first kappa shape index (κ1) is 10.1. The highest BCUT2D eigenvalue weighted by molar-refractivity contribution is 5.96. The van der Waals surface area contributed by atoms with E-state index in [9.17, 15) is 8.78 Å². The van der Waals surface area contributed by atoms with Crippen LogP contribution in [-0.4, -0.2) is 12.4 Å². The van der Waals surface area contributed by atoms with Crippen LogP contribution in [0.25, 0.3) is 0 Å². The van der Waals surface area contributed by atoms with Crippen molar-refractivity contribution in [2.45, 2.75) is 19.3 Å². The van der Waals surface area contributed by atoms with Crippen molar-refractivity contribution < 1.29 is 8.78 Å². The molecule has 0 atom stereocenters. The summed E-state index contributed by atoms with van der Waals surface area (Å²) in [4.78, 5) is 1.73. The molecule has 2 nitrogen and oxygen atoms in total. The zero-order valence-corrected chi connectivity index (χ0v) is 8.26. The largest absolute Gasteiger partial charge is 0.330 e. The van der Waals surface area contributed by atoms with Gasteiger partial charge < -0.3 is 4.90 Å². The Morgan fingerprint density at radius 3 is 2.60 bits per heavy atom. The minimum absolute atomic E-state index is 0.479. The molecule has 1 aromatic carbocycles. The molecule has 2 rings (SSSR count). The summed E-state index contributed by atoms with van der Waals surface area (Å²) in [5.74, 6) is -1.22. The van der Waals surface area contributed by atoms with Gasteiger partial charge in [0.2, 0.25) is 0 Å². The summed E-state index contributed by atoms with van der Waals surface area (Å²) in [6.07, 6.45) is 2.69. The van der Waals surface area contributed by atoms with Crippen molar-refractivity contribution in [3.63, 3.8) is 0 Å². The molecule has 1 N–H and O–H groups in total. The summed E-state index contributed by atoms with van der Waals surface area (Å²) in [7, 11) is 0. The average molecular weight is 210 g/mol. The van der Waals surface area contributed by atoms with Crippen molar-refractivity contribution in [3.8, 4) is 0 Å². The number of anilines is 1. The van der Waals surface area contributed by atoms with Crippen LogP contribution in [0.3, 0.4) is 0 Å². The molecule has 0 aromatic heterocycles. The molecule has 1 aliphatic heterocycles. The normalized spacial score (nSPS) is 16.9. The Hall–Kier alpha value is -1.45. The first-order valence-electron chi connectivity index (χ1n) is 4.98. The van der Waals surface area contributed by atoms with Crippen molar-refractivity contribution in [2.75, 3.05) is 11.4 Å². The van der Waals surface area contributed by atoms with Gasteiger partial charge in [-0.25, -0.2) is 8.78 Å². The lowest BCUT2D eigenvalue weighted by Gasteiger charge is -2.29. The van der Waals surface area contributed by atoms with Gasteiger partial charge in [-0.15, -0.1) is 0 Å². The fourth-order valence-corrected chi connectivity index (χ4v) is 1.77. The Morgan fingerprint density at radius 1 is 1.13 bits per heavy atom. The Bertz CT molecular complexity index is 390. The van der Waals surface area contributed by atoms with E-state index in [-0.39, 0.29) is 0 Å². The molecule has 1 heterocycles. The van der Waals surface area contributed by atoms with E-state index in [1.165, 1.54) is 6.07 Å². The smallest absolute Gasteiger partial charge is 0.160 e. The van der Waals surface area contributed by atoms with Crippen LogP contribution in [0.5, 0.6) is 0 Å². The van der Waals surface area contributed by atoms with Crippen molar-refractivity contribution >= 4 is 11.5 Å². The van der Waals surface area contributed by atoms with Gasteiger partial charge in [-0.2, -0.15) is 0 Å². The number of piperidine rings is 1. The van der Waals surface area contributed by atoms with Gasteiger partial charge in [0.05, 0.1) is 0 Å². The van der Waals surface area contributed by atoms with E-state index in [1.54, 1.807) is 4.90 Å². The van der Waals surface area contributed by atoms with Crippen molar-refractivity contribution in [1.29, 1.82) is 5.41 Å². The zero-order chi connectivity index (χ0) is 10.8. The molecule has 1 aliphatic rings. The molecule has 1 saturated heterocycles. The first-order chi connectivity index (χ1) is 7.18. The van der Waals surface area contributed by atoms with E-state index in [0.717, 1.165) is 25.0 Å². The maximum absolute atomic E-state index is 13.0. The maximum Gasteiger partial charge on any atom is 0.160 e. The summed E-state index contributed by atoms with van der Waals surface area (Å²) in [5.41, 5.74) is 0.568. The molecule has 0 unspecified atom stereocenters. The highest BCUT2D eigenvalue weighted by atomic mass is 19.2. The van der Waals surface area contributed by atoms with Crippen LogP contribution in [0, 0.1) is 17.0 Å². The number of amidine groups is 1. The number of halogens is 2. The maximum atomic E-state index is 13.0. The number of nitrogens with one attached hydrogen (secondary N) is 1. The molecule has 0 spiro atoms. The van der Waals surface area contributed by atoms with Crippen LogP contribution in [0.15, 0.2) is 18.2 Å². The van der Waals surface area contributed by atoms with Gasteiger partial charge >= 0.3 is 0 Å². The molecule has 0 radical (unpaired) electrons. The van der Waals surface area contributed by atoms with Gasteiger partial charge in [-0.3, -0.25) is 5.41 Å². The number of hydrogen-bond donors (Lipinski definition) is 1. The third-order valence-electron chi connectivity index (χ3n) is 2.59. The van der Waals surface area contributed by atoms with E-state index >= 15 is 0 Å². The lowest BCUT2D eigenvalue weighted by Crippen LogP contribution is -2.34. The van der Waals surface area contributed by atoms with E-state index < -0.39 is 11.6 Å². The van der Waals surface area contributed by atoms with E-state index in [1.807, 2.05) is 0 Å². The summed E-state index contributed by atoms with van der Waals surface area (Å²) >= 11 is 0. The van der Waals surface area contributed by atoms with Crippen LogP contribution in [0.2, 0.25) is 0 Å². The van der Waals surface area contributed by atoms with Crippen LogP contribution >= 0.6 is 0 Å². The predicted octanol–water partition coefficient (Wildman–Crippen LogP) is 2.93. The fourth-order valence-electron chi connectivity index (χ4n) is 1.77. The molecule has 1 fully saturated rings. The summed E-state index contributed by atoms with van der Waals surface area (Å²) in [6, 6.07) is 3.76. The van der Waals surface area contributed by atoms with Gasteiger partial charge in [0, 0.05) is 24.7 Å². The third kappa shape index (κ3) is 1.98.